The first kappa shape index (κ1) is 7.63. The molecule has 0 aromatic heterocycles. The number of hydrogen-bond donors (Lipinski definition) is 1. The highest BCUT2D eigenvalue weighted by Crippen LogP contribution is 1.96. The van der Waals surface area contributed by atoms with E-state index >= 15 is 0 Å². The maximum atomic E-state index is 9.58. The van der Waals surface area contributed by atoms with Crippen molar-refractivity contribution in [1.29, 1.82) is 0 Å². The van der Waals surface area contributed by atoms with Crippen LogP contribution in [-0.2, 0) is 4.79 Å². The van der Waals surface area contributed by atoms with Gasteiger partial charge in [0.1, 0.15) is 0 Å². The van der Waals surface area contributed by atoms with Crippen molar-refractivity contribution in [3.05, 3.63) is 0 Å². The topological polar surface area (TPSA) is 37.3 Å². The molecule has 1 unspecified atom stereocenters. The summed E-state index contributed by atoms with van der Waals surface area (Å²) in [5.41, 5.74) is 0. The summed E-state index contributed by atoms with van der Waals surface area (Å²) >= 11 is 0. The van der Waals surface area contributed by atoms with E-state index in [4.69, 9.17) is 5.11 Å². The molecule has 0 amide bonds. The molecule has 2 nitrogen and oxygen atoms in total. The summed E-state index contributed by atoms with van der Waals surface area (Å²) in [5.74, 6) is 0. The van der Waals surface area contributed by atoms with Gasteiger partial charge in [-0.2, -0.15) is 0 Å². The van der Waals surface area contributed by atoms with Crippen LogP contribution in [0.3, 0.4) is 0 Å². The van der Waals surface area contributed by atoms with Crippen LogP contribution in [0.5, 0.6) is 0 Å². The van der Waals surface area contributed by atoms with E-state index in [9.17, 15) is 4.79 Å². The largest absolute Gasteiger partial charge is 0.393 e. The molecule has 0 bridgehead atoms. The number of unbranched alkanes of at least 4 members (excludes halogenated alkanes) is 1. The van der Waals surface area contributed by atoms with Crippen molar-refractivity contribution in [3.63, 3.8) is 0 Å². The summed E-state index contributed by atoms with van der Waals surface area (Å²) in [4.78, 5) is 9.58. The van der Waals surface area contributed by atoms with Crippen LogP contribution in [0.1, 0.15) is 26.2 Å². The maximum Gasteiger partial charge on any atom is 0.198 e. The van der Waals surface area contributed by atoms with E-state index in [0.717, 1.165) is 6.42 Å². The van der Waals surface area contributed by atoms with Crippen LogP contribution in [0, 0.1) is 0 Å². The zero-order chi connectivity index (χ0) is 6.41. The Balaban J connectivity index is 2.81. The number of hydrogen-bond acceptors (Lipinski definition) is 2. The summed E-state index contributed by atoms with van der Waals surface area (Å²) in [6, 6.07) is 0. The highest BCUT2D eigenvalue weighted by molar-refractivity contribution is 5.50. The molecule has 0 aromatic carbocycles. The van der Waals surface area contributed by atoms with Gasteiger partial charge >= 0.3 is 0 Å². The van der Waals surface area contributed by atoms with Crippen LogP contribution in [0.2, 0.25) is 0 Å². The summed E-state index contributed by atoms with van der Waals surface area (Å²) in [7, 11) is 0. The van der Waals surface area contributed by atoms with Crippen molar-refractivity contribution in [2.24, 2.45) is 0 Å². The van der Waals surface area contributed by atoms with Crippen LogP contribution in [-0.4, -0.2) is 17.5 Å². The molecular weight excluding hydrogens is 104 g/mol. The quantitative estimate of drug-likeness (QED) is 0.546. The van der Waals surface area contributed by atoms with Crippen LogP contribution < -0.4 is 0 Å². The van der Waals surface area contributed by atoms with E-state index in [1.165, 1.54) is 0 Å². The van der Waals surface area contributed by atoms with Gasteiger partial charge in [0, 0.05) is 6.42 Å². The molecule has 0 aliphatic rings. The lowest BCUT2D eigenvalue weighted by molar-refractivity contribution is 0.182. The fraction of sp³-hybridized carbons (Fsp3) is 0.833. The molecule has 47 valence electrons. The molecule has 0 aromatic rings. The van der Waals surface area contributed by atoms with Crippen molar-refractivity contribution in [1.82, 2.24) is 0 Å². The Hall–Kier alpha value is -0.370. The third kappa shape index (κ3) is 5.63. The molecule has 0 saturated heterocycles. The van der Waals surface area contributed by atoms with Crippen molar-refractivity contribution >= 4 is 6.29 Å². The highest BCUT2D eigenvalue weighted by Gasteiger charge is 1.92. The van der Waals surface area contributed by atoms with E-state index in [-0.39, 0.29) is 6.10 Å². The van der Waals surface area contributed by atoms with Gasteiger partial charge in [0.05, 0.1) is 6.10 Å². The van der Waals surface area contributed by atoms with Gasteiger partial charge in [-0.15, -0.1) is 0 Å². The number of aliphatic hydroxyl groups is 1. The van der Waals surface area contributed by atoms with Gasteiger partial charge in [0.15, 0.2) is 6.29 Å². The monoisotopic (exact) mass is 115 g/mol. The first-order valence-electron chi connectivity index (χ1n) is 2.80. The minimum Gasteiger partial charge on any atom is -0.393 e. The van der Waals surface area contributed by atoms with Gasteiger partial charge in [-0.3, -0.25) is 4.79 Å². The summed E-state index contributed by atoms with van der Waals surface area (Å²) < 4.78 is 0. The molecule has 1 atom stereocenters. The van der Waals surface area contributed by atoms with Crippen molar-refractivity contribution in [2.75, 3.05) is 0 Å². The fourth-order valence-corrected chi connectivity index (χ4v) is 0.470. The minimum absolute atomic E-state index is 0.275. The second kappa shape index (κ2) is 4.78. The van der Waals surface area contributed by atoms with Crippen LogP contribution in [0.25, 0.3) is 0 Å². The van der Waals surface area contributed by atoms with Crippen molar-refractivity contribution in [3.8, 4) is 0 Å². The molecule has 0 aliphatic carbocycles. The third-order valence-electron chi connectivity index (χ3n) is 0.901. The van der Waals surface area contributed by atoms with Crippen molar-refractivity contribution < 1.29 is 9.90 Å². The second-order valence-corrected chi connectivity index (χ2v) is 1.89. The molecule has 8 heavy (non-hydrogen) atoms. The summed E-state index contributed by atoms with van der Waals surface area (Å²) in [6.07, 6.45) is 3.39. The standard InChI is InChI=1S/C6H11O2/c1-6(8)4-2-3-5-7/h6,8H,2-4H2,1H3. The first-order chi connectivity index (χ1) is 3.77. The van der Waals surface area contributed by atoms with E-state index < -0.39 is 0 Å². The Bertz CT molecular complexity index is 59.5. The Morgan fingerprint density at radius 1 is 1.75 bits per heavy atom. The first-order valence-corrected chi connectivity index (χ1v) is 2.80. The molecule has 0 rings (SSSR count). The van der Waals surface area contributed by atoms with Gasteiger partial charge in [0.25, 0.3) is 0 Å². The second-order valence-electron chi connectivity index (χ2n) is 1.89. The maximum absolute atomic E-state index is 9.58. The van der Waals surface area contributed by atoms with E-state index in [1.54, 1.807) is 13.2 Å². The average molecular weight is 115 g/mol. The van der Waals surface area contributed by atoms with Gasteiger partial charge in [-0.25, -0.2) is 0 Å². The van der Waals surface area contributed by atoms with Gasteiger partial charge in [-0.05, 0) is 19.8 Å². The predicted octanol–water partition coefficient (Wildman–Crippen LogP) is 0.647. The molecule has 0 spiro atoms. The average Bonchev–Trinajstić information content (AvgIpc) is 1.66. The molecule has 0 heterocycles. The third-order valence-corrected chi connectivity index (χ3v) is 0.901. The Morgan fingerprint density at radius 2 is 2.38 bits per heavy atom. The smallest absolute Gasteiger partial charge is 0.198 e. The molecule has 0 fully saturated rings. The summed E-state index contributed by atoms with van der Waals surface area (Å²) in [6.45, 7) is 1.71. The zero-order valence-corrected chi connectivity index (χ0v) is 5.05. The molecule has 1 N–H and O–H groups in total. The number of rotatable bonds is 4. The van der Waals surface area contributed by atoms with Gasteiger partial charge in [-0.1, -0.05) is 0 Å². The Kier molecular flexibility index (Phi) is 4.56. The lowest BCUT2D eigenvalue weighted by Crippen LogP contribution is -1.98. The molecule has 1 radical (unpaired) electrons. The van der Waals surface area contributed by atoms with Gasteiger partial charge < -0.3 is 5.11 Å². The molecule has 0 saturated carbocycles. The molecule has 2 heteroatoms. The van der Waals surface area contributed by atoms with Crippen LogP contribution in [0.4, 0.5) is 0 Å². The lowest BCUT2D eigenvalue weighted by Gasteiger charge is -1.97. The highest BCUT2D eigenvalue weighted by atomic mass is 16.3. The molecule has 0 aliphatic heterocycles. The fourth-order valence-electron chi connectivity index (χ4n) is 0.470. The molecular formula is C6H11O2. The van der Waals surface area contributed by atoms with E-state index in [0.29, 0.717) is 12.8 Å². The number of aliphatic hydroxyl groups excluding tert-OH is 1. The van der Waals surface area contributed by atoms with Crippen molar-refractivity contribution in [2.45, 2.75) is 32.3 Å². The summed E-state index contributed by atoms with van der Waals surface area (Å²) in [5, 5.41) is 8.65. The Morgan fingerprint density at radius 3 is 2.75 bits per heavy atom. The normalized spacial score (nSPS) is 13.2. The zero-order valence-electron chi connectivity index (χ0n) is 5.05. The van der Waals surface area contributed by atoms with E-state index in [1.807, 2.05) is 0 Å². The predicted molar refractivity (Wildman–Crippen MR) is 31.2 cm³/mol. The van der Waals surface area contributed by atoms with Gasteiger partial charge in [0.2, 0.25) is 0 Å². The number of carbonyl (C=O) groups excluding carboxylic acids is 1. The van der Waals surface area contributed by atoms with Crippen LogP contribution >= 0.6 is 0 Å². The Labute approximate surface area is 49.5 Å². The minimum atomic E-state index is -0.275. The van der Waals surface area contributed by atoms with E-state index in [2.05, 4.69) is 0 Å². The van der Waals surface area contributed by atoms with Crippen LogP contribution in [0.15, 0.2) is 0 Å². The lowest BCUT2D eigenvalue weighted by atomic mass is 10.2. The SMILES string of the molecule is CC(O)CCC[C]=O.